The second kappa shape index (κ2) is 4.96. The minimum absolute atomic E-state index is 0.100. The highest BCUT2D eigenvalue weighted by Crippen LogP contribution is 2.34. The topological polar surface area (TPSA) is 46.9 Å². The molecule has 0 atom stereocenters. The van der Waals surface area contributed by atoms with Crippen LogP contribution in [-0.4, -0.2) is 16.1 Å². The van der Waals surface area contributed by atoms with Crippen LogP contribution in [0.15, 0.2) is 4.79 Å². The SMILES string of the molecule is CCCNc1nc2sc3c(c2c(=O)n1C)CCCC3. The van der Waals surface area contributed by atoms with E-state index in [1.807, 2.05) is 0 Å². The number of hydrogen-bond acceptors (Lipinski definition) is 4. The van der Waals surface area contributed by atoms with E-state index in [4.69, 9.17) is 0 Å². The summed E-state index contributed by atoms with van der Waals surface area (Å²) in [6.07, 6.45) is 5.60. The molecular formula is C14H19N3OS. The van der Waals surface area contributed by atoms with Crippen molar-refractivity contribution in [2.24, 2.45) is 7.05 Å². The van der Waals surface area contributed by atoms with Crippen molar-refractivity contribution in [1.82, 2.24) is 9.55 Å². The van der Waals surface area contributed by atoms with Gasteiger partial charge in [-0.1, -0.05) is 6.92 Å². The summed E-state index contributed by atoms with van der Waals surface area (Å²) in [4.78, 5) is 19.5. The van der Waals surface area contributed by atoms with E-state index in [2.05, 4.69) is 17.2 Å². The zero-order valence-electron chi connectivity index (χ0n) is 11.5. The van der Waals surface area contributed by atoms with E-state index >= 15 is 0 Å². The van der Waals surface area contributed by atoms with Crippen molar-refractivity contribution in [3.8, 4) is 0 Å². The fraction of sp³-hybridized carbons (Fsp3) is 0.571. The summed E-state index contributed by atoms with van der Waals surface area (Å²) in [5.74, 6) is 0.693. The van der Waals surface area contributed by atoms with E-state index in [0.717, 1.165) is 36.0 Å². The van der Waals surface area contributed by atoms with Gasteiger partial charge in [0.25, 0.3) is 5.56 Å². The van der Waals surface area contributed by atoms with Crippen molar-refractivity contribution in [2.45, 2.75) is 39.0 Å². The Morgan fingerprint density at radius 3 is 2.95 bits per heavy atom. The van der Waals surface area contributed by atoms with E-state index in [-0.39, 0.29) is 5.56 Å². The standard InChI is InChI=1S/C14H19N3OS/c1-3-8-15-14-16-12-11(13(18)17(14)2)9-6-4-5-7-10(9)19-12/h3-8H2,1-2H3,(H,15,16). The zero-order chi connectivity index (χ0) is 13.4. The first-order valence-corrected chi connectivity index (χ1v) is 7.79. The zero-order valence-corrected chi connectivity index (χ0v) is 12.3. The summed E-state index contributed by atoms with van der Waals surface area (Å²) in [7, 11) is 1.81. The van der Waals surface area contributed by atoms with Crippen LogP contribution in [0, 0.1) is 0 Å². The molecule has 0 bridgehead atoms. The molecule has 0 fully saturated rings. The van der Waals surface area contributed by atoms with Gasteiger partial charge in [-0.05, 0) is 37.7 Å². The molecule has 5 heteroatoms. The number of nitrogens with one attached hydrogen (secondary N) is 1. The molecule has 0 unspecified atom stereocenters. The Bertz CT molecular complexity index is 671. The molecule has 0 amide bonds. The molecule has 1 aliphatic carbocycles. The summed E-state index contributed by atoms with van der Waals surface area (Å²) in [6.45, 7) is 2.95. The number of anilines is 1. The van der Waals surface area contributed by atoms with Gasteiger partial charge in [0.1, 0.15) is 4.83 Å². The second-order valence-electron chi connectivity index (χ2n) is 5.12. The summed E-state index contributed by atoms with van der Waals surface area (Å²) in [6, 6.07) is 0. The third-order valence-electron chi connectivity index (χ3n) is 3.73. The van der Waals surface area contributed by atoms with Crippen molar-refractivity contribution in [3.63, 3.8) is 0 Å². The Kier molecular flexibility index (Phi) is 3.31. The van der Waals surface area contributed by atoms with Gasteiger partial charge < -0.3 is 5.32 Å². The van der Waals surface area contributed by atoms with Crippen molar-refractivity contribution < 1.29 is 0 Å². The molecule has 0 spiro atoms. The first kappa shape index (κ1) is 12.7. The van der Waals surface area contributed by atoms with Crippen molar-refractivity contribution in [1.29, 1.82) is 0 Å². The van der Waals surface area contributed by atoms with E-state index in [1.165, 1.54) is 23.3 Å². The van der Waals surface area contributed by atoms with Gasteiger partial charge in [-0.2, -0.15) is 0 Å². The maximum atomic E-state index is 12.5. The minimum Gasteiger partial charge on any atom is -0.356 e. The lowest BCUT2D eigenvalue weighted by Gasteiger charge is -2.11. The van der Waals surface area contributed by atoms with E-state index < -0.39 is 0 Å². The molecule has 0 radical (unpaired) electrons. The second-order valence-corrected chi connectivity index (χ2v) is 6.20. The van der Waals surface area contributed by atoms with Gasteiger partial charge in [-0.3, -0.25) is 9.36 Å². The molecule has 1 N–H and O–H groups in total. The van der Waals surface area contributed by atoms with Crippen LogP contribution in [0.3, 0.4) is 0 Å². The molecule has 0 aliphatic heterocycles. The van der Waals surface area contributed by atoms with Crippen molar-refractivity contribution in [3.05, 3.63) is 20.8 Å². The molecule has 2 aromatic rings. The van der Waals surface area contributed by atoms with Gasteiger partial charge in [-0.25, -0.2) is 4.98 Å². The summed E-state index contributed by atoms with van der Waals surface area (Å²) < 4.78 is 1.65. The van der Waals surface area contributed by atoms with Gasteiger partial charge in [-0.15, -0.1) is 11.3 Å². The number of aromatic nitrogens is 2. The molecule has 1 aliphatic rings. The smallest absolute Gasteiger partial charge is 0.263 e. The number of nitrogens with zero attached hydrogens (tertiary/aromatic N) is 2. The van der Waals surface area contributed by atoms with E-state index in [1.54, 1.807) is 23.0 Å². The fourth-order valence-corrected chi connectivity index (χ4v) is 3.93. The molecule has 3 rings (SSSR count). The predicted molar refractivity (Wildman–Crippen MR) is 80.3 cm³/mol. The Labute approximate surface area is 116 Å². The molecule has 102 valence electrons. The van der Waals surface area contributed by atoms with Crippen LogP contribution >= 0.6 is 11.3 Å². The van der Waals surface area contributed by atoms with Gasteiger partial charge in [0.15, 0.2) is 0 Å². The normalized spacial score (nSPS) is 14.6. The quantitative estimate of drug-likeness (QED) is 0.938. The van der Waals surface area contributed by atoms with Crippen LogP contribution in [0.1, 0.15) is 36.6 Å². The fourth-order valence-electron chi connectivity index (χ4n) is 2.68. The number of hydrogen-bond donors (Lipinski definition) is 1. The van der Waals surface area contributed by atoms with Crippen LogP contribution in [0.25, 0.3) is 10.2 Å². The van der Waals surface area contributed by atoms with Gasteiger partial charge >= 0.3 is 0 Å². The first-order valence-electron chi connectivity index (χ1n) is 6.97. The molecule has 2 aromatic heterocycles. The third kappa shape index (κ3) is 2.06. The Morgan fingerprint density at radius 2 is 2.16 bits per heavy atom. The van der Waals surface area contributed by atoms with Crippen LogP contribution in [0.2, 0.25) is 0 Å². The number of fused-ring (bicyclic) bond motifs is 3. The highest BCUT2D eigenvalue weighted by molar-refractivity contribution is 7.18. The van der Waals surface area contributed by atoms with Gasteiger partial charge in [0, 0.05) is 18.5 Å². The number of rotatable bonds is 3. The third-order valence-corrected chi connectivity index (χ3v) is 4.92. The van der Waals surface area contributed by atoms with Crippen LogP contribution in [0.4, 0.5) is 5.95 Å². The monoisotopic (exact) mass is 277 g/mol. The minimum atomic E-state index is 0.100. The molecular weight excluding hydrogens is 258 g/mol. The van der Waals surface area contributed by atoms with E-state index in [0.29, 0.717) is 5.95 Å². The Balaban J connectivity index is 2.19. The molecule has 0 saturated carbocycles. The van der Waals surface area contributed by atoms with Gasteiger partial charge in [0.05, 0.1) is 5.39 Å². The lowest BCUT2D eigenvalue weighted by Crippen LogP contribution is -2.23. The lowest BCUT2D eigenvalue weighted by atomic mass is 9.97. The van der Waals surface area contributed by atoms with Crippen molar-refractivity contribution in [2.75, 3.05) is 11.9 Å². The first-order chi connectivity index (χ1) is 9.22. The maximum Gasteiger partial charge on any atom is 0.263 e. The highest BCUT2D eigenvalue weighted by Gasteiger charge is 2.20. The Morgan fingerprint density at radius 1 is 1.37 bits per heavy atom. The molecule has 19 heavy (non-hydrogen) atoms. The molecule has 0 aromatic carbocycles. The predicted octanol–water partition coefficient (Wildman–Crippen LogP) is 2.70. The Hall–Kier alpha value is -1.36. The summed E-state index contributed by atoms with van der Waals surface area (Å²) in [5, 5.41) is 4.10. The number of thiophene rings is 1. The van der Waals surface area contributed by atoms with Crippen LogP contribution in [-0.2, 0) is 19.9 Å². The number of aryl methyl sites for hydroxylation is 2. The average Bonchev–Trinajstić information content (AvgIpc) is 2.79. The maximum absolute atomic E-state index is 12.5. The average molecular weight is 277 g/mol. The van der Waals surface area contributed by atoms with Crippen LogP contribution < -0.4 is 10.9 Å². The molecule has 2 heterocycles. The molecule has 0 saturated heterocycles. The highest BCUT2D eigenvalue weighted by atomic mass is 32.1. The summed E-state index contributed by atoms with van der Waals surface area (Å²) in [5.41, 5.74) is 1.37. The molecule has 4 nitrogen and oxygen atoms in total. The van der Waals surface area contributed by atoms with Gasteiger partial charge in [0.2, 0.25) is 5.95 Å². The van der Waals surface area contributed by atoms with Crippen LogP contribution in [0.5, 0.6) is 0 Å². The summed E-state index contributed by atoms with van der Waals surface area (Å²) >= 11 is 1.71. The lowest BCUT2D eigenvalue weighted by molar-refractivity contribution is 0.699. The van der Waals surface area contributed by atoms with Crippen molar-refractivity contribution >= 4 is 27.5 Å². The largest absolute Gasteiger partial charge is 0.356 e. The van der Waals surface area contributed by atoms with E-state index in [9.17, 15) is 4.79 Å².